The molecule has 0 aliphatic rings. The highest BCUT2D eigenvalue weighted by atomic mass is 16.5. The number of unbranched alkanes of at least 4 members (excludes halogenated alkanes) is 4. The number of rotatable bonds is 12. The Bertz CT molecular complexity index is 691. The van der Waals surface area contributed by atoms with E-state index in [1.807, 2.05) is 19.1 Å². The van der Waals surface area contributed by atoms with Gasteiger partial charge in [-0.2, -0.15) is 0 Å². The number of pyridine rings is 1. The molecule has 0 N–H and O–H groups in total. The first-order chi connectivity index (χ1) is 13.7. The Morgan fingerprint density at radius 1 is 0.893 bits per heavy atom. The van der Waals surface area contributed by atoms with E-state index < -0.39 is 0 Å². The van der Waals surface area contributed by atoms with Gasteiger partial charge in [0.2, 0.25) is 0 Å². The van der Waals surface area contributed by atoms with Crippen molar-refractivity contribution in [3.63, 3.8) is 0 Å². The van der Waals surface area contributed by atoms with Crippen LogP contribution in [-0.4, -0.2) is 11.0 Å². The van der Waals surface area contributed by atoms with Crippen molar-refractivity contribution in [3.8, 4) is 0 Å². The van der Waals surface area contributed by atoms with Gasteiger partial charge in [0, 0.05) is 11.9 Å². The molecule has 2 rings (SSSR count). The summed E-state index contributed by atoms with van der Waals surface area (Å²) < 4.78 is 5.77. The van der Waals surface area contributed by atoms with E-state index in [0.29, 0.717) is 5.56 Å². The molecule has 28 heavy (non-hydrogen) atoms. The van der Waals surface area contributed by atoms with Gasteiger partial charge in [-0.25, -0.2) is 4.79 Å². The highest BCUT2D eigenvalue weighted by molar-refractivity contribution is 5.89. The first-order valence-corrected chi connectivity index (χ1v) is 10.9. The molecular formula is C25H35NO2. The number of carbonyl (C=O) groups excluding carboxylic acids is 1. The van der Waals surface area contributed by atoms with Crippen molar-refractivity contribution < 1.29 is 9.53 Å². The molecule has 0 bridgehead atoms. The summed E-state index contributed by atoms with van der Waals surface area (Å²) in [4.78, 5) is 17.0. The summed E-state index contributed by atoms with van der Waals surface area (Å²) in [5.41, 5.74) is 3.96. The molecule has 2 aromatic rings. The first kappa shape index (κ1) is 22.1. The normalized spacial score (nSPS) is 12.0. The lowest BCUT2D eigenvalue weighted by Gasteiger charge is -2.17. The largest absolute Gasteiger partial charge is 0.454 e. The van der Waals surface area contributed by atoms with E-state index in [1.54, 1.807) is 6.20 Å². The van der Waals surface area contributed by atoms with Gasteiger partial charge in [0.25, 0.3) is 0 Å². The maximum atomic E-state index is 12.5. The van der Waals surface area contributed by atoms with Gasteiger partial charge < -0.3 is 4.74 Å². The Morgan fingerprint density at radius 3 is 2.25 bits per heavy atom. The number of esters is 1. The van der Waals surface area contributed by atoms with Gasteiger partial charge in [-0.1, -0.05) is 70.7 Å². The average molecular weight is 382 g/mol. The fourth-order valence-corrected chi connectivity index (χ4v) is 3.29. The summed E-state index contributed by atoms with van der Waals surface area (Å²) in [5, 5.41) is 0. The molecule has 0 aliphatic heterocycles. The van der Waals surface area contributed by atoms with Gasteiger partial charge >= 0.3 is 5.97 Å². The molecule has 1 heterocycles. The summed E-state index contributed by atoms with van der Waals surface area (Å²) >= 11 is 0. The third kappa shape index (κ3) is 7.10. The van der Waals surface area contributed by atoms with E-state index in [0.717, 1.165) is 36.9 Å². The van der Waals surface area contributed by atoms with Gasteiger partial charge in [0.15, 0.2) is 0 Å². The van der Waals surface area contributed by atoms with Gasteiger partial charge in [0.05, 0.1) is 5.56 Å². The molecule has 1 unspecified atom stereocenters. The molecule has 0 aliphatic carbocycles. The van der Waals surface area contributed by atoms with Crippen LogP contribution in [0.2, 0.25) is 0 Å². The standard InChI is InChI=1S/C25H35NO2/c1-4-7-9-10-12-23-18-17-22(19-26-23)25(27)28-24(6-3)21-15-13-20(14-16-21)11-8-5-2/h13-19,24H,4-12H2,1-3H3. The van der Waals surface area contributed by atoms with Crippen molar-refractivity contribution in [2.24, 2.45) is 0 Å². The maximum absolute atomic E-state index is 12.5. The van der Waals surface area contributed by atoms with Crippen LogP contribution in [0, 0.1) is 0 Å². The second-order valence-corrected chi connectivity index (χ2v) is 7.50. The van der Waals surface area contributed by atoms with Gasteiger partial charge in [-0.05, 0) is 55.4 Å². The molecule has 0 saturated heterocycles. The summed E-state index contributed by atoms with van der Waals surface area (Å²) in [7, 11) is 0. The Kier molecular flexibility index (Phi) is 9.74. The molecule has 0 fully saturated rings. The Labute approximate surface area is 170 Å². The molecule has 0 radical (unpaired) electrons. The van der Waals surface area contributed by atoms with E-state index >= 15 is 0 Å². The number of ether oxygens (including phenoxy) is 1. The molecule has 0 amide bonds. The van der Waals surface area contributed by atoms with E-state index in [-0.39, 0.29) is 12.1 Å². The predicted molar refractivity (Wildman–Crippen MR) is 116 cm³/mol. The van der Waals surface area contributed by atoms with Crippen LogP contribution in [0.15, 0.2) is 42.6 Å². The zero-order valence-electron chi connectivity index (χ0n) is 17.7. The number of nitrogens with zero attached hydrogens (tertiary/aromatic N) is 1. The summed E-state index contributed by atoms with van der Waals surface area (Å²) in [6.45, 7) is 6.46. The summed E-state index contributed by atoms with van der Waals surface area (Å²) in [5.74, 6) is -0.299. The maximum Gasteiger partial charge on any atom is 0.340 e. The Balaban J connectivity index is 1.92. The van der Waals surface area contributed by atoms with Crippen molar-refractivity contribution in [2.45, 2.75) is 84.7 Å². The highest BCUT2D eigenvalue weighted by Gasteiger charge is 2.17. The minimum atomic E-state index is -0.299. The summed E-state index contributed by atoms with van der Waals surface area (Å²) in [6, 6.07) is 12.3. The molecule has 1 aromatic carbocycles. The molecule has 3 heteroatoms. The lowest BCUT2D eigenvalue weighted by atomic mass is 10.0. The van der Waals surface area contributed by atoms with Gasteiger partial charge in [-0.15, -0.1) is 0 Å². The van der Waals surface area contributed by atoms with Crippen LogP contribution in [0.4, 0.5) is 0 Å². The number of benzene rings is 1. The summed E-state index contributed by atoms with van der Waals surface area (Å²) in [6.07, 6.45) is 11.5. The Hall–Kier alpha value is -2.16. The second kappa shape index (κ2) is 12.3. The monoisotopic (exact) mass is 381 g/mol. The minimum absolute atomic E-state index is 0.221. The first-order valence-electron chi connectivity index (χ1n) is 10.9. The van der Waals surface area contributed by atoms with Gasteiger partial charge in [-0.3, -0.25) is 4.98 Å². The predicted octanol–water partition coefficient (Wildman–Crippen LogP) is 6.86. The third-order valence-corrected chi connectivity index (χ3v) is 5.14. The van der Waals surface area contributed by atoms with Crippen LogP contribution in [-0.2, 0) is 17.6 Å². The third-order valence-electron chi connectivity index (χ3n) is 5.14. The van der Waals surface area contributed by atoms with Crippen LogP contribution in [0.1, 0.15) is 99.0 Å². The quantitative estimate of drug-likeness (QED) is 0.298. The van der Waals surface area contributed by atoms with Crippen molar-refractivity contribution in [1.29, 1.82) is 0 Å². The van der Waals surface area contributed by atoms with E-state index in [9.17, 15) is 4.79 Å². The molecule has 0 spiro atoms. The smallest absolute Gasteiger partial charge is 0.340 e. The molecule has 1 atom stereocenters. The number of aromatic nitrogens is 1. The SMILES string of the molecule is CCCCCCc1ccc(C(=O)OC(CC)c2ccc(CCCC)cc2)cn1. The Morgan fingerprint density at radius 2 is 1.64 bits per heavy atom. The zero-order chi connectivity index (χ0) is 20.2. The van der Waals surface area contributed by atoms with Crippen LogP contribution in [0.25, 0.3) is 0 Å². The van der Waals surface area contributed by atoms with Crippen LogP contribution in [0.3, 0.4) is 0 Å². The van der Waals surface area contributed by atoms with Crippen molar-refractivity contribution >= 4 is 5.97 Å². The van der Waals surface area contributed by atoms with Crippen molar-refractivity contribution in [2.75, 3.05) is 0 Å². The molecule has 152 valence electrons. The van der Waals surface area contributed by atoms with Crippen LogP contribution < -0.4 is 0 Å². The highest BCUT2D eigenvalue weighted by Crippen LogP contribution is 2.23. The van der Waals surface area contributed by atoms with E-state index in [2.05, 4.69) is 43.1 Å². The lowest BCUT2D eigenvalue weighted by Crippen LogP contribution is -2.12. The number of hydrogen-bond donors (Lipinski definition) is 0. The van der Waals surface area contributed by atoms with Gasteiger partial charge in [0.1, 0.15) is 6.10 Å². The van der Waals surface area contributed by atoms with Crippen molar-refractivity contribution in [3.05, 3.63) is 65.0 Å². The molecular weight excluding hydrogens is 346 g/mol. The fraction of sp³-hybridized carbons (Fsp3) is 0.520. The molecule has 0 saturated carbocycles. The number of aryl methyl sites for hydroxylation is 2. The van der Waals surface area contributed by atoms with Crippen LogP contribution in [0.5, 0.6) is 0 Å². The lowest BCUT2D eigenvalue weighted by molar-refractivity contribution is 0.0287. The minimum Gasteiger partial charge on any atom is -0.454 e. The topological polar surface area (TPSA) is 39.2 Å². The zero-order valence-corrected chi connectivity index (χ0v) is 17.7. The second-order valence-electron chi connectivity index (χ2n) is 7.50. The van der Waals surface area contributed by atoms with E-state index in [4.69, 9.17) is 4.74 Å². The number of carbonyl (C=O) groups is 1. The number of hydrogen-bond acceptors (Lipinski definition) is 3. The molecule has 3 nitrogen and oxygen atoms in total. The van der Waals surface area contributed by atoms with E-state index in [1.165, 1.54) is 37.7 Å². The van der Waals surface area contributed by atoms with Crippen LogP contribution >= 0.6 is 0 Å². The van der Waals surface area contributed by atoms with Crippen molar-refractivity contribution in [1.82, 2.24) is 4.98 Å². The average Bonchev–Trinajstić information content (AvgIpc) is 2.74. The fourth-order valence-electron chi connectivity index (χ4n) is 3.29. The molecule has 1 aromatic heterocycles.